The lowest BCUT2D eigenvalue weighted by atomic mass is 9.74. The van der Waals surface area contributed by atoms with Crippen molar-refractivity contribution in [3.63, 3.8) is 0 Å². The predicted molar refractivity (Wildman–Crippen MR) is 82.9 cm³/mol. The highest BCUT2D eigenvalue weighted by molar-refractivity contribution is 9.10. The maximum Gasteiger partial charge on any atom is 0.125 e. The molecule has 1 aromatic rings. The molecular weight excluding hydrogens is 318 g/mol. The number of halogens is 1. The largest absolute Gasteiger partial charge is 0.490 e. The van der Waals surface area contributed by atoms with E-state index in [2.05, 4.69) is 15.9 Å². The lowest BCUT2D eigenvalue weighted by molar-refractivity contribution is -0.153. The third kappa shape index (κ3) is 2.87. The highest BCUT2D eigenvalue weighted by Gasteiger charge is 2.43. The van der Waals surface area contributed by atoms with Gasteiger partial charge in [-0.3, -0.25) is 0 Å². The van der Waals surface area contributed by atoms with E-state index >= 15 is 0 Å². The SMILES string of the molecule is C[C@@H](N)c1ccc(Br)cc1OC1CCOC2(CCC2)C1. The minimum atomic E-state index is -0.0180. The summed E-state index contributed by atoms with van der Waals surface area (Å²) >= 11 is 3.51. The molecule has 1 heterocycles. The maximum absolute atomic E-state index is 6.27. The van der Waals surface area contributed by atoms with Gasteiger partial charge in [-0.15, -0.1) is 0 Å². The quantitative estimate of drug-likeness (QED) is 0.906. The Bertz CT molecular complexity index is 485. The Kier molecular flexibility index (Phi) is 4.07. The van der Waals surface area contributed by atoms with Gasteiger partial charge in [0.05, 0.1) is 12.2 Å². The second kappa shape index (κ2) is 5.66. The Morgan fingerprint density at radius 2 is 2.25 bits per heavy atom. The Morgan fingerprint density at radius 1 is 1.45 bits per heavy atom. The number of hydrogen-bond acceptors (Lipinski definition) is 3. The molecule has 1 aliphatic carbocycles. The fraction of sp³-hybridized carbons (Fsp3) is 0.625. The molecule has 3 rings (SSSR count). The average Bonchev–Trinajstić information content (AvgIpc) is 2.37. The third-order valence-corrected chi connectivity index (χ3v) is 4.97. The first kappa shape index (κ1) is 14.4. The first-order valence-electron chi connectivity index (χ1n) is 7.44. The smallest absolute Gasteiger partial charge is 0.125 e. The van der Waals surface area contributed by atoms with Gasteiger partial charge in [0.25, 0.3) is 0 Å². The molecule has 1 saturated carbocycles. The first-order valence-corrected chi connectivity index (χ1v) is 8.23. The van der Waals surface area contributed by atoms with Crippen molar-refractivity contribution < 1.29 is 9.47 Å². The van der Waals surface area contributed by atoms with Gasteiger partial charge >= 0.3 is 0 Å². The van der Waals surface area contributed by atoms with E-state index < -0.39 is 0 Å². The van der Waals surface area contributed by atoms with Crippen molar-refractivity contribution in [3.05, 3.63) is 28.2 Å². The number of rotatable bonds is 3. The molecule has 0 bridgehead atoms. The van der Waals surface area contributed by atoms with Crippen LogP contribution < -0.4 is 10.5 Å². The normalized spacial score (nSPS) is 26.1. The second-order valence-corrected chi connectivity index (χ2v) is 7.00. The van der Waals surface area contributed by atoms with Gasteiger partial charge in [-0.1, -0.05) is 22.0 Å². The van der Waals surface area contributed by atoms with Crippen LogP contribution in [-0.2, 0) is 4.74 Å². The van der Waals surface area contributed by atoms with Gasteiger partial charge in [-0.2, -0.15) is 0 Å². The molecule has 0 radical (unpaired) electrons. The van der Waals surface area contributed by atoms with Crippen LogP contribution in [0, 0.1) is 0 Å². The number of nitrogens with two attached hydrogens (primary N) is 1. The van der Waals surface area contributed by atoms with Crippen LogP contribution in [0.15, 0.2) is 22.7 Å². The summed E-state index contributed by atoms with van der Waals surface area (Å²) in [6, 6.07) is 6.07. The van der Waals surface area contributed by atoms with Gasteiger partial charge in [0.2, 0.25) is 0 Å². The number of benzene rings is 1. The van der Waals surface area contributed by atoms with Crippen LogP contribution in [0.3, 0.4) is 0 Å². The topological polar surface area (TPSA) is 44.5 Å². The van der Waals surface area contributed by atoms with Crippen LogP contribution in [0.5, 0.6) is 5.75 Å². The molecule has 2 atom stereocenters. The summed E-state index contributed by atoms with van der Waals surface area (Å²) in [5.41, 5.74) is 7.23. The standard InChI is InChI=1S/C16H22BrNO2/c1-11(18)14-4-3-12(17)9-15(14)20-13-5-8-19-16(10-13)6-2-7-16/h3-4,9,11,13H,2,5-8,10,18H2,1H3/t11-,13?/m1/s1. The van der Waals surface area contributed by atoms with E-state index in [-0.39, 0.29) is 17.7 Å². The predicted octanol–water partition coefficient (Wildman–Crippen LogP) is 3.95. The summed E-state index contributed by atoms with van der Waals surface area (Å²) in [5, 5.41) is 0. The molecule has 110 valence electrons. The summed E-state index contributed by atoms with van der Waals surface area (Å²) in [6.07, 6.45) is 5.88. The fourth-order valence-electron chi connectivity index (χ4n) is 3.17. The van der Waals surface area contributed by atoms with Crippen molar-refractivity contribution in [1.29, 1.82) is 0 Å². The zero-order valence-corrected chi connectivity index (χ0v) is 13.5. The van der Waals surface area contributed by atoms with E-state index in [9.17, 15) is 0 Å². The Labute approximate surface area is 129 Å². The molecule has 2 N–H and O–H groups in total. The Hall–Kier alpha value is -0.580. The summed E-state index contributed by atoms with van der Waals surface area (Å²) < 4.78 is 13.3. The molecule has 2 fully saturated rings. The van der Waals surface area contributed by atoms with Gasteiger partial charge in [-0.05, 0) is 38.3 Å². The summed E-state index contributed by atoms with van der Waals surface area (Å²) in [6.45, 7) is 2.81. The van der Waals surface area contributed by atoms with Gasteiger partial charge in [0, 0.05) is 28.9 Å². The molecule has 1 unspecified atom stereocenters. The van der Waals surface area contributed by atoms with Crippen LogP contribution in [0.1, 0.15) is 50.6 Å². The van der Waals surface area contributed by atoms with Crippen molar-refractivity contribution in [1.82, 2.24) is 0 Å². The molecule has 2 aliphatic rings. The van der Waals surface area contributed by atoms with Crippen molar-refractivity contribution >= 4 is 15.9 Å². The number of ether oxygens (including phenoxy) is 2. The van der Waals surface area contributed by atoms with Gasteiger partial charge in [0.1, 0.15) is 11.9 Å². The molecule has 1 aliphatic heterocycles. The average molecular weight is 340 g/mol. The van der Waals surface area contributed by atoms with Crippen LogP contribution >= 0.6 is 15.9 Å². The van der Waals surface area contributed by atoms with Crippen LogP contribution in [0.2, 0.25) is 0 Å². The summed E-state index contributed by atoms with van der Waals surface area (Å²) in [5.74, 6) is 0.913. The van der Waals surface area contributed by atoms with E-state index in [0.717, 1.165) is 35.2 Å². The van der Waals surface area contributed by atoms with Gasteiger partial charge in [-0.25, -0.2) is 0 Å². The monoisotopic (exact) mass is 339 g/mol. The second-order valence-electron chi connectivity index (χ2n) is 6.09. The molecule has 0 aromatic heterocycles. The molecule has 1 spiro atoms. The molecule has 4 heteroatoms. The van der Waals surface area contributed by atoms with Crippen LogP contribution in [0.4, 0.5) is 0 Å². The Balaban J connectivity index is 1.75. The molecule has 1 aromatic carbocycles. The van der Waals surface area contributed by atoms with Crippen LogP contribution in [-0.4, -0.2) is 18.3 Å². The molecule has 20 heavy (non-hydrogen) atoms. The molecule has 0 amide bonds. The highest BCUT2D eigenvalue weighted by Crippen LogP contribution is 2.43. The van der Waals surface area contributed by atoms with Gasteiger partial charge < -0.3 is 15.2 Å². The highest BCUT2D eigenvalue weighted by atomic mass is 79.9. The lowest BCUT2D eigenvalue weighted by Crippen LogP contribution is -2.48. The first-order chi connectivity index (χ1) is 9.58. The minimum Gasteiger partial charge on any atom is -0.490 e. The Morgan fingerprint density at radius 3 is 2.90 bits per heavy atom. The zero-order valence-electron chi connectivity index (χ0n) is 11.9. The zero-order chi connectivity index (χ0) is 14.2. The molecular formula is C16H22BrNO2. The van der Waals surface area contributed by atoms with E-state index in [0.29, 0.717) is 0 Å². The van der Waals surface area contributed by atoms with Crippen molar-refractivity contribution in [2.24, 2.45) is 5.73 Å². The van der Waals surface area contributed by atoms with E-state index in [1.807, 2.05) is 25.1 Å². The maximum atomic E-state index is 6.27. The van der Waals surface area contributed by atoms with Crippen molar-refractivity contribution in [2.75, 3.05) is 6.61 Å². The number of hydrogen-bond donors (Lipinski definition) is 1. The van der Waals surface area contributed by atoms with E-state index in [1.54, 1.807) is 0 Å². The van der Waals surface area contributed by atoms with Crippen LogP contribution in [0.25, 0.3) is 0 Å². The minimum absolute atomic E-state index is 0.0180. The summed E-state index contributed by atoms with van der Waals surface area (Å²) in [4.78, 5) is 0. The lowest BCUT2D eigenvalue weighted by Gasteiger charge is -2.47. The van der Waals surface area contributed by atoms with E-state index in [4.69, 9.17) is 15.2 Å². The molecule has 3 nitrogen and oxygen atoms in total. The van der Waals surface area contributed by atoms with Crippen molar-refractivity contribution in [2.45, 2.75) is 56.8 Å². The van der Waals surface area contributed by atoms with Crippen molar-refractivity contribution in [3.8, 4) is 5.75 Å². The fourth-order valence-corrected chi connectivity index (χ4v) is 3.51. The summed E-state index contributed by atoms with van der Waals surface area (Å²) in [7, 11) is 0. The van der Waals surface area contributed by atoms with Gasteiger partial charge in [0.15, 0.2) is 0 Å². The molecule has 1 saturated heterocycles. The third-order valence-electron chi connectivity index (χ3n) is 4.47. The van der Waals surface area contributed by atoms with E-state index in [1.165, 1.54) is 19.3 Å².